The van der Waals surface area contributed by atoms with Crippen molar-refractivity contribution in [2.75, 3.05) is 11.1 Å². The van der Waals surface area contributed by atoms with Crippen LogP contribution in [0.2, 0.25) is 10.0 Å². The highest BCUT2D eigenvalue weighted by Crippen LogP contribution is 2.43. The van der Waals surface area contributed by atoms with Crippen LogP contribution in [0.1, 0.15) is 48.5 Å². The molecular formula is C25H27Cl2N3O3S2. The molecule has 0 fully saturated rings. The SMILES string of the molecule is CCS(=O)(=O)c1ccc(CC(=O)Nc2nc3c(s2)CN(Cc2ccc(Cl)cc2)C3C(C)C)c(Cl)c1. The molecule has 0 aliphatic carbocycles. The lowest BCUT2D eigenvalue weighted by Gasteiger charge is -2.27. The topological polar surface area (TPSA) is 79.4 Å². The largest absolute Gasteiger partial charge is 0.302 e. The van der Waals surface area contributed by atoms with E-state index in [4.69, 9.17) is 28.2 Å². The van der Waals surface area contributed by atoms with Gasteiger partial charge in [0.2, 0.25) is 5.91 Å². The van der Waals surface area contributed by atoms with E-state index in [-0.39, 0.29) is 34.0 Å². The fourth-order valence-electron chi connectivity index (χ4n) is 4.30. The van der Waals surface area contributed by atoms with Gasteiger partial charge in [-0.3, -0.25) is 9.69 Å². The van der Waals surface area contributed by atoms with Crippen LogP contribution < -0.4 is 5.32 Å². The second-order valence-corrected chi connectivity index (χ2v) is 13.1. The van der Waals surface area contributed by atoms with Crippen LogP contribution in [-0.2, 0) is 34.1 Å². The van der Waals surface area contributed by atoms with Crippen LogP contribution in [0.15, 0.2) is 47.4 Å². The molecule has 186 valence electrons. The average molecular weight is 553 g/mol. The van der Waals surface area contributed by atoms with Crippen LogP contribution in [0.4, 0.5) is 5.13 Å². The van der Waals surface area contributed by atoms with Crippen molar-refractivity contribution in [2.24, 2.45) is 5.92 Å². The number of halogens is 2. The van der Waals surface area contributed by atoms with E-state index in [9.17, 15) is 13.2 Å². The number of anilines is 1. The molecule has 4 rings (SSSR count). The van der Waals surface area contributed by atoms with Crippen molar-refractivity contribution in [1.29, 1.82) is 0 Å². The Kier molecular flexibility index (Phi) is 7.88. The minimum Gasteiger partial charge on any atom is -0.302 e. The summed E-state index contributed by atoms with van der Waals surface area (Å²) in [7, 11) is -3.36. The van der Waals surface area contributed by atoms with Gasteiger partial charge in [-0.15, -0.1) is 11.3 Å². The quantitative estimate of drug-likeness (QED) is 0.363. The highest BCUT2D eigenvalue weighted by Gasteiger charge is 2.36. The Morgan fingerprint density at radius 3 is 2.54 bits per heavy atom. The van der Waals surface area contributed by atoms with E-state index in [0.29, 0.717) is 16.6 Å². The lowest BCUT2D eigenvalue weighted by Crippen LogP contribution is -2.26. The first kappa shape index (κ1) is 26.1. The number of benzene rings is 2. The van der Waals surface area contributed by atoms with Crippen LogP contribution in [-0.4, -0.2) is 30.0 Å². The van der Waals surface area contributed by atoms with Gasteiger partial charge in [0.05, 0.1) is 28.8 Å². The molecule has 1 unspecified atom stereocenters. The molecule has 2 aromatic carbocycles. The predicted octanol–water partition coefficient (Wildman–Crippen LogP) is 6.14. The molecule has 1 aliphatic rings. The Morgan fingerprint density at radius 1 is 1.20 bits per heavy atom. The van der Waals surface area contributed by atoms with Crippen LogP contribution in [0.3, 0.4) is 0 Å². The molecule has 35 heavy (non-hydrogen) atoms. The molecule has 0 bridgehead atoms. The summed E-state index contributed by atoms with van der Waals surface area (Å²) in [5.41, 5.74) is 2.78. The van der Waals surface area contributed by atoms with E-state index in [1.54, 1.807) is 13.0 Å². The summed E-state index contributed by atoms with van der Waals surface area (Å²) in [6.45, 7) is 7.50. The van der Waals surface area contributed by atoms with Crippen LogP contribution in [0, 0.1) is 5.92 Å². The van der Waals surface area contributed by atoms with E-state index < -0.39 is 9.84 Å². The number of amides is 1. The molecule has 0 spiro atoms. The Hall–Kier alpha value is -1.97. The number of carbonyl (C=O) groups is 1. The van der Waals surface area contributed by atoms with E-state index in [1.807, 2.05) is 24.3 Å². The smallest absolute Gasteiger partial charge is 0.230 e. The zero-order valence-corrected chi connectivity index (χ0v) is 22.9. The Balaban J connectivity index is 1.44. The molecule has 3 aromatic rings. The fraction of sp³-hybridized carbons (Fsp3) is 0.360. The molecule has 1 aliphatic heterocycles. The van der Waals surface area contributed by atoms with Gasteiger partial charge in [0.15, 0.2) is 15.0 Å². The van der Waals surface area contributed by atoms with Gasteiger partial charge in [0, 0.05) is 28.0 Å². The molecule has 10 heteroatoms. The summed E-state index contributed by atoms with van der Waals surface area (Å²) in [5, 5.41) is 4.44. The first-order valence-electron chi connectivity index (χ1n) is 11.4. The summed E-state index contributed by atoms with van der Waals surface area (Å²) < 4.78 is 24.1. The Labute approximate surface area is 220 Å². The third-order valence-corrected chi connectivity index (χ3v) is 9.35. The number of sulfone groups is 1. The highest BCUT2D eigenvalue weighted by molar-refractivity contribution is 7.91. The zero-order chi connectivity index (χ0) is 25.3. The summed E-state index contributed by atoms with van der Waals surface area (Å²) in [6, 6.07) is 12.5. The van der Waals surface area contributed by atoms with Crippen molar-refractivity contribution in [3.8, 4) is 0 Å². The van der Waals surface area contributed by atoms with E-state index in [0.717, 1.165) is 28.7 Å². The number of thiazole rings is 1. The van der Waals surface area contributed by atoms with Crippen LogP contribution in [0.25, 0.3) is 0 Å². The van der Waals surface area contributed by atoms with Gasteiger partial charge in [-0.05, 0) is 41.3 Å². The van der Waals surface area contributed by atoms with Crippen molar-refractivity contribution in [1.82, 2.24) is 9.88 Å². The minimum absolute atomic E-state index is 0.00756. The maximum atomic E-state index is 12.7. The number of nitrogens with one attached hydrogen (secondary N) is 1. The van der Waals surface area contributed by atoms with Gasteiger partial charge in [-0.1, -0.05) is 62.2 Å². The third kappa shape index (κ3) is 5.89. The molecular weight excluding hydrogens is 525 g/mol. The van der Waals surface area contributed by atoms with Crippen LogP contribution >= 0.6 is 34.5 Å². The second-order valence-electron chi connectivity index (χ2n) is 8.93. The van der Waals surface area contributed by atoms with Crippen LogP contribution in [0.5, 0.6) is 0 Å². The highest BCUT2D eigenvalue weighted by atomic mass is 35.5. The van der Waals surface area contributed by atoms with Crippen molar-refractivity contribution in [2.45, 2.75) is 51.2 Å². The number of fused-ring (bicyclic) bond motifs is 1. The van der Waals surface area contributed by atoms with Gasteiger partial charge in [0.1, 0.15) is 0 Å². The molecule has 1 aromatic heterocycles. The van der Waals surface area contributed by atoms with Gasteiger partial charge in [0.25, 0.3) is 0 Å². The van der Waals surface area contributed by atoms with Crippen molar-refractivity contribution in [3.05, 3.63) is 74.2 Å². The average Bonchev–Trinajstić information content (AvgIpc) is 3.32. The normalized spacial score (nSPS) is 16.0. The van der Waals surface area contributed by atoms with Gasteiger partial charge < -0.3 is 5.32 Å². The maximum Gasteiger partial charge on any atom is 0.230 e. The summed E-state index contributed by atoms with van der Waals surface area (Å²) >= 11 is 13.8. The molecule has 2 heterocycles. The van der Waals surface area contributed by atoms with E-state index in [2.05, 4.69) is 24.1 Å². The number of nitrogens with zero attached hydrogens (tertiary/aromatic N) is 2. The van der Waals surface area contributed by atoms with Crippen molar-refractivity contribution in [3.63, 3.8) is 0 Å². The zero-order valence-electron chi connectivity index (χ0n) is 19.7. The number of hydrogen-bond acceptors (Lipinski definition) is 6. The third-order valence-electron chi connectivity index (χ3n) is 6.04. The second kappa shape index (κ2) is 10.6. The summed E-state index contributed by atoms with van der Waals surface area (Å²) in [4.78, 5) is 21.2. The van der Waals surface area contributed by atoms with Gasteiger partial charge >= 0.3 is 0 Å². The summed E-state index contributed by atoms with van der Waals surface area (Å²) in [5.74, 6) is 0.0993. The molecule has 0 saturated carbocycles. The fourth-order valence-corrected chi connectivity index (χ4v) is 6.69. The first-order chi connectivity index (χ1) is 16.6. The molecule has 1 atom stereocenters. The molecule has 0 radical (unpaired) electrons. The number of rotatable bonds is 8. The lowest BCUT2D eigenvalue weighted by atomic mass is 10.0. The molecule has 6 nitrogen and oxygen atoms in total. The minimum atomic E-state index is -3.36. The number of aromatic nitrogens is 1. The van der Waals surface area contributed by atoms with Gasteiger partial charge in [-0.25, -0.2) is 13.4 Å². The van der Waals surface area contributed by atoms with E-state index in [1.165, 1.54) is 29.0 Å². The lowest BCUT2D eigenvalue weighted by molar-refractivity contribution is -0.115. The molecule has 0 saturated heterocycles. The predicted molar refractivity (Wildman–Crippen MR) is 142 cm³/mol. The maximum absolute atomic E-state index is 12.7. The molecule has 1 N–H and O–H groups in total. The summed E-state index contributed by atoms with van der Waals surface area (Å²) in [6.07, 6.45) is 0.0336. The Bertz CT molecular complexity index is 1340. The standard InChI is InChI=1S/C25H27Cl2N3O3S2/c1-4-35(32,33)19-10-7-17(20(27)12-19)11-22(31)28-25-29-23-21(34-25)14-30(24(23)15(2)3)13-16-5-8-18(26)9-6-16/h5-10,12,15,24H,4,11,13-14H2,1-3H3,(H,28,29,31). The van der Waals surface area contributed by atoms with E-state index >= 15 is 0 Å². The van der Waals surface area contributed by atoms with Crippen molar-refractivity contribution < 1.29 is 13.2 Å². The number of carbonyl (C=O) groups excluding carboxylic acids is 1. The Morgan fingerprint density at radius 2 is 1.91 bits per heavy atom. The monoisotopic (exact) mass is 551 g/mol. The first-order valence-corrected chi connectivity index (χ1v) is 14.6. The molecule has 1 amide bonds. The van der Waals surface area contributed by atoms with Gasteiger partial charge in [-0.2, -0.15) is 0 Å². The van der Waals surface area contributed by atoms with Crippen molar-refractivity contribution >= 4 is 55.4 Å². The number of hydrogen-bond donors (Lipinski definition) is 1.